The number of fused-ring (bicyclic) bond motifs is 1. The van der Waals surface area contributed by atoms with Gasteiger partial charge in [-0.15, -0.1) is 0 Å². The van der Waals surface area contributed by atoms with Crippen LogP contribution in [0.3, 0.4) is 0 Å². The van der Waals surface area contributed by atoms with E-state index in [-0.39, 0.29) is 12.8 Å². The van der Waals surface area contributed by atoms with E-state index in [4.69, 9.17) is 14.3 Å². The van der Waals surface area contributed by atoms with Crippen LogP contribution >= 0.6 is 7.60 Å². The first-order valence-corrected chi connectivity index (χ1v) is 11.9. The molecule has 0 saturated heterocycles. The Hall–Kier alpha value is -2.02. The van der Waals surface area contributed by atoms with Crippen LogP contribution in [0.15, 0.2) is 66.7 Å². The van der Waals surface area contributed by atoms with Gasteiger partial charge in [-0.1, -0.05) is 60.7 Å². The molecule has 148 valence electrons. The summed E-state index contributed by atoms with van der Waals surface area (Å²) >= 11 is 0. The average Bonchev–Trinajstić information content (AvgIpc) is 2.63. The molecule has 1 unspecified atom stereocenters. The summed E-state index contributed by atoms with van der Waals surface area (Å²) in [6, 6.07) is 22.1. The molecule has 0 aliphatic rings. The van der Waals surface area contributed by atoms with E-state index in [1.165, 1.54) is 5.39 Å². The van der Waals surface area contributed by atoms with Crippen LogP contribution in [0.4, 0.5) is 0 Å². The number of hydrogen-bond acceptors (Lipinski definition) is 3. The monoisotopic (exact) mass is 420 g/mol. The van der Waals surface area contributed by atoms with Crippen molar-refractivity contribution in [2.24, 2.45) is 0 Å². The fraction of sp³-hybridized carbons (Fsp3) is 0.200. The summed E-state index contributed by atoms with van der Waals surface area (Å²) < 4.78 is 42.7. The van der Waals surface area contributed by atoms with Gasteiger partial charge in [-0.05, 0) is 52.8 Å². The quantitative estimate of drug-likeness (QED) is 0.390. The SMILES string of the molecule is O=P(O)(O)C(CCCc1ccc(-c2ccc3ccccc3c2)cc1)S(=O)(=O)O. The Morgan fingerprint density at radius 2 is 1.46 bits per heavy atom. The molecule has 0 heterocycles. The molecule has 0 bridgehead atoms. The molecule has 0 aliphatic heterocycles. The summed E-state index contributed by atoms with van der Waals surface area (Å²) in [7, 11) is -9.73. The zero-order valence-corrected chi connectivity index (χ0v) is 16.7. The first-order valence-electron chi connectivity index (χ1n) is 8.74. The molecular formula is C20H21O6PS. The van der Waals surface area contributed by atoms with Crippen molar-refractivity contribution in [2.45, 2.75) is 24.3 Å². The molecule has 0 radical (unpaired) electrons. The lowest BCUT2D eigenvalue weighted by molar-refractivity contribution is 0.360. The minimum atomic E-state index is -4.92. The second-order valence-electron chi connectivity index (χ2n) is 6.71. The van der Waals surface area contributed by atoms with E-state index >= 15 is 0 Å². The summed E-state index contributed by atoms with van der Waals surface area (Å²) in [6.45, 7) is 0. The lowest BCUT2D eigenvalue weighted by atomic mass is 9.99. The molecule has 0 aliphatic carbocycles. The van der Waals surface area contributed by atoms with Crippen molar-refractivity contribution in [3.63, 3.8) is 0 Å². The molecule has 3 rings (SSSR count). The van der Waals surface area contributed by atoms with Crippen molar-refractivity contribution in [2.75, 3.05) is 0 Å². The minimum Gasteiger partial charge on any atom is -0.323 e. The topological polar surface area (TPSA) is 112 Å². The van der Waals surface area contributed by atoms with E-state index in [0.29, 0.717) is 6.42 Å². The van der Waals surface area contributed by atoms with Gasteiger partial charge in [0.1, 0.15) is 0 Å². The number of benzene rings is 3. The fourth-order valence-corrected chi connectivity index (χ4v) is 5.58. The maximum Gasteiger partial charge on any atom is 0.346 e. The maximum absolute atomic E-state index is 11.3. The molecule has 3 aromatic carbocycles. The van der Waals surface area contributed by atoms with Crippen molar-refractivity contribution in [3.8, 4) is 11.1 Å². The highest BCUT2D eigenvalue weighted by Crippen LogP contribution is 2.46. The first-order chi connectivity index (χ1) is 13.1. The van der Waals surface area contributed by atoms with Gasteiger partial charge in [0.05, 0.1) is 0 Å². The van der Waals surface area contributed by atoms with Crippen LogP contribution in [-0.2, 0) is 21.1 Å². The molecule has 0 fully saturated rings. The van der Waals surface area contributed by atoms with Gasteiger partial charge >= 0.3 is 7.60 Å². The Balaban J connectivity index is 1.68. The van der Waals surface area contributed by atoms with Crippen molar-refractivity contribution >= 4 is 28.5 Å². The van der Waals surface area contributed by atoms with Crippen molar-refractivity contribution in [3.05, 3.63) is 72.3 Å². The van der Waals surface area contributed by atoms with Crippen LogP contribution in [0.2, 0.25) is 0 Å². The van der Waals surface area contributed by atoms with Gasteiger partial charge in [0.25, 0.3) is 10.1 Å². The molecular weight excluding hydrogens is 399 g/mol. The summed E-state index contributed by atoms with van der Waals surface area (Å²) in [5, 5.41) is 2.32. The van der Waals surface area contributed by atoms with Gasteiger partial charge in [0.2, 0.25) is 0 Å². The van der Waals surface area contributed by atoms with E-state index in [9.17, 15) is 13.0 Å². The standard InChI is InChI=1S/C20H21O6PS/c21-27(22,23)20(28(24,25)26)7-3-4-15-8-10-17(11-9-15)19-13-12-16-5-1-2-6-18(16)14-19/h1-2,5-6,8-14,20H,3-4,7H2,(H2,21,22,23)(H,24,25,26). The Kier molecular flexibility index (Phi) is 6.03. The van der Waals surface area contributed by atoms with Crippen molar-refractivity contribution in [1.82, 2.24) is 0 Å². The smallest absolute Gasteiger partial charge is 0.323 e. The molecule has 3 N–H and O–H groups in total. The van der Waals surface area contributed by atoms with Gasteiger partial charge in [-0.3, -0.25) is 9.12 Å². The number of hydrogen-bond donors (Lipinski definition) is 3. The number of rotatable bonds is 7. The van der Waals surface area contributed by atoms with Crippen LogP contribution in [0.25, 0.3) is 21.9 Å². The zero-order chi connectivity index (χ0) is 20.4. The molecule has 3 aromatic rings. The normalized spacial score (nSPS) is 13.5. The molecule has 1 atom stereocenters. The third-order valence-corrected chi connectivity index (χ3v) is 8.23. The van der Waals surface area contributed by atoms with Gasteiger partial charge in [-0.25, -0.2) is 0 Å². The third kappa shape index (κ3) is 5.07. The summed E-state index contributed by atoms with van der Waals surface area (Å²) in [6.07, 6.45) is 0.366. The second kappa shape index (κ2) is 8.15. The molecule has 0 aromatic heterocycles. The van der Waals surface area contributed by atoms with E-state index < -0.39 is 22.7 Å². The van der Waals surface area contributed by atoms with Gasteiger partial charge in [-0.2, -0.15) is 8.42 Å². The van der Waals surface area contributed by atoms with Crippen molar-refractivity contribution < 1.29 is 27.3 Å². The largest absolute Gasteiger partial charge is 0.346 e. The molecule has 0 saturated carbocycles. The Morgan fingerprint density at radius 1 is 0.857 bits per heavy atom. The van der Waals surface area contributed by atoms with Crippen LogP contribution in [0.1, 0.15) is 18.4 Å². The average molecular weight is 420 g/mol. The number of aryl methyl sites for hydroxylation is 1. The van der Waals surface area contributed by atoms with Gasteiger partial charge < -0.3 is 9.79 Å². The van der Waals surface area contributed by atoms with E-state index in [2.05, 4.69) is 24.3 Å². The van der Waals surface area contributed by atoms with Gasteiger partial charge in [0, 0.05) is 0 Å². The van der Waals surface area contributed by atoms with Crippen molar-refractivity contribution in [1.29, 1.82) is 0 Å². The van der Waals surface area contributed by atoms with Crippen LogP contribution in [0, 0.1) is 0 Å². The summed E-state index contributed by atoms with van der Waals surface area (Å²) in [4.78, 5) is 16.2. The minimum absolute atomic E-state index is 0.227. The van der Waals surface area contributed by atoms with Crippen LogP contribution in [-0.4, -0.2) is 27.7 Å². The lowest BCUT2D eigenvalue weighted by Crippen LogP contribution is -2.20. The maximum atomic E-state index is 11.3. The zero-order valence-electron chi connectivity index (χ0n) is 15.0. The van der Waals surface area contributed by atoms with Crippen LogP contribution in [0.5, 0.6) is 0 Å². The highest BCUT2D eigenvalue weighted by atomic mass is 32.2. The summed E-state index contributed by atoms with van der Waals surface area (Å²) in [5.41, 5.74) is 3.04. The lowest BCUT2D eigenvalue weighted by Gasteiger charge is -2.15. The predicted octanol–water partition coefficient (Wildman–Crippen LogP) is 4.22. The molecule has 0 spiro atoms. The van der Waals surface area contributed by atoms with E-state index in [0.717, 1.165) is 22.1 Å². The fourth-order valence-electron chi connectivity index (χ4n) is 3.20. The highest BCUT2D eigenvalue weighted by molar-refractivity contribution is 7.93. The molecule has 28 heavy (non-hydrogen) atoms. The van der Waals surface area contributed by atoms with E-state index in [1.807, 2.05) is 42.5 Å². The summed E-state index contributed by atoms with van der Waals surface area (Å²) in [5.74, 6) is 0. The predicted molar refractivity (Wildman–Crippen MR) is 110 cm³/mol. The Labute approximate surface area is 163 Å². The molecule has 0 amide bonds. The van der Waals surface area contributed by atoms with Gasteiger partial charge in [0.15, 0.2) is 4.99 Å². The van der Waals surface area contributed by atoms with E-state index in [1.54, 1.807) is 0 Å². The second-order valence-corrected chi connectivity index (χ2v) is 10.5. The molecule has 6 nitrogen and oxygen atoms in total. The first kappa shape index (κ1) is 20.7. The van der Waals surface area contributed by atoms with Crippen LogP contribution < -0.4 is 0 Å². The molecule has 8 heteroatoms. The highest BCUT2D eigenvalue weighted by Gasteiger charge is 2.38. The Morgan fingerprint density at radius 3 is 2.07 bits per heavy atom. The third-order valence-electron chi connectivity index (χ3n) is 4.67. The Bertz CT molecular complexity index is 1120.